The molecule has 1 N–H and O–H groups in total. The van der Waals surface area contributed by atoms with Crippen molar-refractivity contribution in [2.75, 3.05) is 11.0 Å². The first-order chi connectivity index (χ1) is 12.5. The van der Waals surface area contributed by atoms with E-state index in [0.29, 0.717) is 5.69 Å². The molecule has 0 radical (unpaired) electrons. The van der Waals surface area contributed by atoms with E-state index in [1.165, 1.54) is 0 Å². The second-order valence-electron chi connectivity index (χ2n) is 5.98. The van der Waals surface area contributed by atoms with Gasteiger partial charge in [-0.15, -0.1) is 0 Å². The average Bonchev–Trinajstić information content (AvgIpc) is 2.62. The quantitative estimate of drug-likeness (QED) is 0.511. The largest absolute Gasteiger partial charge is 0.284 e. The van der Waals surface area contributed by atoms with Crippen molar-refractivity contribution >= 4 is 49.3 Å². The number of nitrogens with one attached hydrogen (secondary N) is 1. The third-order valence-corrected chi connectivity index (χ3v) is 5.67. The van der Waals surface area contributed by atoms with Gasteiger partial charge in [-0.05, 0) is 36.4 Å². The molecular weight excluding hydrogens is 364 g/mol. The van der Waals surface area contributed by atoms with E-state index < -0.39 is 10.0 Å². The second kappa shape index (κ2) is 6.63. The van der Waals surface area contributed by atoms with Gasteiger partial charge in [0.05, 0.1) is 17.3 Å². The van der Waals surface area contributed by atoms with Gasteiger partial charge in [-0.1, -0.05) is 48.2 Å². The first-order valence-corrected chi connectivity index (χ1v) is 10.7. The van der Waals surface area contributed by atoms with Gasteiger partial charge in [-0.25, -0.2) is 13.4 Å². The van der Waals surface area contributed by atoms with Crippen molar-refractivity contribution in [1.29, 1.82) is 0 Å². The molecular formula is C20H16N2O2S2. The van der Waals surface area contributed by atoms with E-state index in [0.717, 1.165) is 37.9 Å². The van der Waals surface area contributed by atoms with Crippen LogP contribution in [-0.2, 0) is 10.0 Å². The standard InChI is InChI=1S/C20H16N2O2S2/c1-26(23,24)22-14-10-12-15(13-11-14)25-20-16-6-2-4-8-18(16)21-19-9-5-3-7-17(19)20/h2-13,22H,1H3. The number of hydrogen-bond donors (Lipinski definition) is 1. The number of benzene rings is 3. The lowest BCUT2D eigenvalue weighted by Gasteiger charge is -2.11. The van der Waals surface area contributed by atoms with Gasteiger partial charge in [0, 0.05) is 26.3 Å². The van der Waals surface area contributed by atoms with E-state index in [1.807, 2.05) is 48.5 Å². The molecule has 4 nitrogen and oxygen atoms in total. The summed E-state index contributed by atoms with van der Waals surface area (Å²) in [6.07, 6.45) is 1.14. The summed E-state index contributed by atoms with van der Waals surface area (Å²) >= 11 is 1.66. The van der Waals surface area contributed by atoms with Gasteiger partial charge in [0.15, 0.2) is 0 Å². The van der Waals surface area contributed by atoms with Crippen molar-refractivity contribution in [1.82, 2.24) is 4.98 Å². The summed E-state index contributed by atoms with van der Waals surface area (Å²) in [5.74, 6) is 0. The van der Waals surface area contributed by atoms with E-state index in [2.05, 4.69) is 16.9 Å². The Labute approximate surface area is 156 Å². The first-order valence-electron chi connectivity index (χ1n) is 8.03. The molecule has 3 aromatic carbocycles. The highest BCUT2D eigenvalue weighted by atomic mass is 32.2. The number of anilines is 1. The average molecular weight is 380 g/mol. The van der Waals surface area contributed by atoms with Crippen LogP contribution in [0.4, 0.5) is 5.69 Å². The maximum Gasteiger partial charge on any atom is 0.229 e. The molecule has 0 amide bonds. The summed E-state index contributed by atoms with van der Waals surface area (Å²) in [6, 6.07) is 23.6. The number of hydrogen-bond acceptors (Lipinski definition) is 4. The monoisotopic (exact) mass is 380 g/mol. The highest BCUT2D eigenvalue weighted by Crippen LogP contribution is 2.38. The molecule has 0 saturated heterocycles. The van der Waals surface area contributed by atoms with Crippen LogP contribution in [0.15, 0.2) is 82.6 Å². The van der Waals surface area contributed by atoms with Crippen LogP contribution in [-0.4, -0.2) is 19.7 Å². The van der Waals surface area contributed by atoms with Crippen LogP contribution in [0.5, 0.6) is 0 Å². The Bertz CT molecular complexity index is 1150. The van der Waals surface area contributed by atoms with Crippen LogP contribution in [0.1, 0.15) is 0 Å². The van der Waals surface area contributed by atoms with Crippen LogP contribution in [0.2, 0.25) is 0 Å². The predicted octanol–water partition coefficient (Wildman–Crippen LogP) is 4.91. The fourth-order valence-corrected chi connectivity index (χ4v) is 4.47. The number of nitrogens with zero attached hydrogens (tertiary/aromatic N) is 1. The van der Waals surface area contributed by atoms with Crippen LogP contribution < -0.4 is 4.72 Å². The van der Waals surface area contributed by atoms with Gasteiger partial charge < -0.3 is 0 Å². The lowest BCUT2D eigenvalue weighted by atomic mass is 10.1. The smallest absolute Gasteiger partial charge is 0.229 e. The maximum atomic E-state index is 11.3. The molecule has 0 fully saturated rings. The second-order valence-corrected chi connectivity index (χ2v) is 8.81. The van der Waals surface area contributed by atoms with Crippen molar-refractivity contribution in [2.45, 2.75) is 9.79 Å². The van der Waals surface area contributed by atoms with Gasteiger partial charge in [-0.2, -0.15) is 0 Å². The summed E-state index contributed by atoms with van der Waals surface area (Å²) < 4.78 is 25.2. The molecule has 1 heterocycles. The van der Waals surface area contributed by atoms with Gasteiger partial charge in [-0.3, -0.25) is 4.72 Å². The minimum atomic E-state index is -3.27. The molecule has 0 unspecified atom stereocenters. The minimum Gasteiger partial charge on any atom is -0.284 e. The molecule has 4 aromatic rings. The Kier molecular flexibility index (Phi) is 4.30. The molecule has 0 spiro atoms. The van der Waals surface area contributed by atoms with Crippen molar-refractivity contribution < 1.29 is 8.42 Å². The zero-order chi connectivity index (χ0) is 18.1. The highest BCUT2D eigenvalue weighted by molar-refractivity contribution is 7.99. The van der Waals surface area contributed by atoms with E-state index >= 15 is 0 Å². The number of aromatic nitrogens is 1. The summed E-state index contributed by atoms with van der Waals surface area (Å²) in [5.41, 5.74) is 2.48. The summed E-state index contributed by atoms with van der Waals surface area (Å²) in [5, 5.41) is 2.21. The zero-order valence-corrected chi connectivity index (χ0v) is 15.6. The van der Waals surface area contributed by atoms with Crippen molar-refractivity contribution in [2.24, 2.45) is 0 Å². The number of para-hydroxylation sites is 2. The molecule has 26 heavy (non-hydrogen) atoms. The van der Waals surface area contributed by atoms with Gasteiger partial charge in [0.2, 0.25) is 10.0 Å². The topological polar surface area (TPSA) is 59.1 Å². The molecule has 0 atom stereocenters. The molecule has 6 heteroatoms. The number of pyridine rings is 1. The third kappa shape index (κ3) is 3.52. The summed E-state index contributed by atoms with van der Waals surface area (Å²) in [7, 11) is -3.27. The van der Waals surface area contributed by atoms with Crippen LogP contribution in [0, 0.1) is 0 Å². The van der Waals surface area contributed by atoms with Crippen LogP contribution in [0.25, 0.3) is 21.8 Å². The molecule has 0 saturated carbocycles. The zero-order valence-electron chi connectivity index (χ0n) is 14.0. The lowest BCUT2D eigenvalue weighted by molar-refractivity contribution is 0.607. The Hall–Kier alpha value is -2.57. The molecule has 0 aliphatic carbocycles. The van der Waals surface area contributed by atoms with E-state index in [1.54, 1.807) is 23.9 Å². The Morgan fingerprint density at radius 2 is 1.35 bits per heavy atom. The van der Waals surface area contributed by atoms with E-state index in [9.17, 15) is 8.42 Å². The maximum absolute atomic E-state index is 11.3. The Balaban J connectivity index is 1.78. The van der Waals surface area contributed by atoms with Crippen molar-refractivity contribution in [3.63, 3.8) is 0 Å². The molecule has 4 rings (SSSR count). The molecule has 0 aliphatic rings. The minimum absolute atomic E-state index is 0.557. The number of rotatable bonds is 4. The SMILES string of the molecule is CS(=O)(=O)Nc1ccc(Sc2c3ccccc3nc3ccccc23)cc1. The molecule has 0 bridgehead atoms. The fourth-order valence-electron chi connectivity index (χ4n) is 2.83. The van der Waals surface area contributed by atoms with Gasteiger partial charge in [0.1, 0.15) is 0 Å². The molecule has 130 valence electrons. The molecule has 0 aliphatic heterocycles. The van der Waals surface area contributed by atoms with Gasteiger partial charge >= 0.3 is 0 Å². The van der Waals surface area contributed by atoms with E-state index in [-0.39, 0.29) is 0 Å². The van der Waals surface area contributed by atoms with Crippen molar-refractivity contribution in [3.8, 4) is 0 Å². The Morgan fingerprint density at radius 1 is 0.808 bits per heavy atom. The van der Waals surface area contributed by atoms with Crippen LogP contribution >= 0.6 is 11.8 Å². The van der Waals surface area contributed by atoms with Gasteiger partial charge in [0.25, 0.3) is 0 Å². The van der Waals surface area contributed by atoms with E-state index in [4.69, 9.17) is 4.98 Å². The summed E-state index contributed by atoms with van der Waals surface area (Å²) in [4.78, 5) is 6.93. The fraction of sp³-hybridized carbons (Fsp3) is 0.0500. The number of sulfonamides is 1. The lowest BCUT2D eigenvalue weighted by Crippen LogP contribution is -2.09. The Morgan fingerprint density at radius 3 is 1.88 bits per heavy atom. The predicted molar refractivity (Wildman–Crippen MR) is 108 cm³/mol. The normalized spacial score (nSPS) is 11.7. The number of fused-ring (bicyclic) bond motifs is 2. The molecule has 1 aromatic heterocycles. The summed E-state index contributed by atoms with van der Waals surface area (Å²) in [6.45, 7) is 0. The highest BCUT2D eigenvalue weighted by Gasteiger charge is 2.10. The first kappa shape index (κ1) is 16.9. The van der Waals surface area contributed by atoms with Crippen molar-refractivity contribution in [3.05, 3.63) is 72.8 Å². The third-order valence-electron chi connectivity index (χ3n) is 3.92. The van der Waals surface area contributed by atoms with Crippen LogP contribution in [0.3, 0.4) is 0 Å².